The van der Waals surface area contributed by atoms with Crippen molar-refractivity contribution < 1.29 is 14.6 Å². The maximum Gasteiger partial charge on any atom is 0.325 e. The standard InChI is InChI=1S/C11H11N3O3/c1-17-9-4-2-3-8(5-9)10-6-12-13-14(10)7-11(15)16/h2-6H,7H2,1H3,(H,15,16). The number of carbonyl (C=O) groups is 1. The topological polar surface area (TPSA) is 77.2 Å². The van der Waals surface area contributed by atoms with Gasteiger partial charge >= 0.3 is 5.97 Å². The Labute approximate surface area is 97.4 Å². The lowest BCUT2D eigenvalue weighted by Crippen LogP contribution is -2.11. The maximum absolute atomic E-state index is 10.7. The first kappa shape index (κ1) is 11.1. The van der Waals surface area contributed by atoms with E-state index in [0.29, 0.717) is 11.4 Å². The minimum absolute atomic E-state index is 0.216. The van der Waals surface area contributed by atoms with Crippen LogP contribution in [0.1, 0.15) is 0 Å². The lowest BCUT2D eigenvalue weighted by Gasteiger charge is -2.05. The molecule has 0 atom stereocenters. The highest BCUT2D eigenvalue weighted by Crippen LogP contribution is 2.22. The highest BCUT2D eigenvalue weighted by Gasteiger charge is 2.10. The zero-order chi connectivity index (χ0) is 12.3. The fourth-order valence-corrected chi connectivity index (χ4v) is 1.51. The summed E-state index contributed by atoms with van der Waals surface area (Å²) in [6.07, 6.45) is 1.53. The average molecular weight is 233 g/mol. The second-order valence-corrected chi connectivity index (χ2v) is 3.40. The summed E-state index contributed by atoms with van der Waals surface area (Å²) in [5, 5.41) is 16.2. The predicted molar refractivity (Wildman–Crippen MR) is 59.6 cm³/mol. The van der Waals surface area contributed by atoms with Gasteiger partial charge in [-0.25, -0.2) is 4.68 Å². The third-order valence-electron chi connectivity index (χ3n) is 2.27. The molecule has 0 amide bonds. The lowest BCUT2D eigenvalue weighted by atomic mass is 10.1. The van der Waals surface area contributed by atoms with E-state index in [0.717, 1.165) is 5.56 Å². The molecule has 1 aromatic carbocycles. The van der Waals surface area contributed by atoms with E-state index in [4.69, 9.17) is 9.84 Å². The number of hydrogen-bond donors (Lipinski definition) is 1. The number of carboxylic acids is 1. The Balaban J connectivity index is 2.38. The Morgan fingerprint density at radius 2 is 2.35 bits per heavy atom. The number of aliphatic carboxylic acids is 1. The van der Waals surface area contributed by atoms with E-state index in [9.17, 15) is 4.79 Å². The fraction of sp³-hybridized carbons (Fsp3) is 0.182. The summed E-state index contributed by atoms with van der Waals surface area (Å²) < 4.78 is 6.44. The van der Waals surface area contributed by atoms with E-state index in [1.54, 1.807) is 13.2 Å². The van der Waals surface area contributed by atoms with Crippen LogP contribution in [-0.4, -0.2) is 33.2 Å². The second kappa shape index (κ2) is 4.65. The third-order valence-corrected chi connectivity index (χ3v) is 2.27. The van der Waals surface area contributed by atoms with Crippen molar-refractivity contribution >= 4 is 5.97 Å². The molecule has 0 spiro atoms. The average Bonchev–Trinajstić information content (AvgIpc) is 2.76. The van der Waals surface area contributed by atoms with Crippen LogP contribution in [0.4, 0.5) is 0 Å². The molecule has 88 valence electrons. The number of carboxylic acid groups (broad SMARTS) is 1. The zero-order valence-corrected chi connectivity index (χ0v) is 9.20. The number of methoxy groups -OCH3 is 1. The molecule has 0 aliphatic heterocycles. The van der Waals surface area contributed by atoms with Gasteiger partial charge in [-0.2, -0.15) is 0 Å². The van der Waals surface area contributed by atoms with E-state index >= 15 is 0 Å². The number of hydrogen-bond acceptors (Lipinski definition) is 4. The van der Waals surface area contributed by atoms with Crippen LogP contribution in [0.15, 0.2) is 30.5 Å². The van der Waals surface area contributed by atoms with Crippen molar-refractivity contribution in [3.8, 4) is 17.0 Å². The SMILES string of the molecule is COc1cccc(-c2cnnn2CC(=O)O)c1. The molecule has 2 rings (SSSR count). The summed E-state index contributed by atoms with van der Waals surface area (Å²) in [6, 6.07) is 7.29. The first-order valence-electron chi connectivity index (χ1n) is 4.95. The molecule has 0 fully saturated rings. The molecular weight excluding hydrogens is 222 g/mol. The molecule has 0 aliphatic rings. The van der Waals surface area contributed by atoms with Gasteiger partial charge in [-0.1, -0.05) is 17.3 Å². The summed E-state index contributed by atoms with van der Waals surface area (Å²) in [5.74, 6) is -0.259. The van der Waals surface area contributed by atoms with Crippen molar-refractivity contribution in [2.45, 2.75) is 6.54 Å². The molecule has 2 aromatic rings. The third kappa shape index (κ3) is 2.41. The molecular formula is C11H11N3O3. The highest BCUT2D eigenvalue weighted by molar-refractivity contribution is 5.68. The largest absolute Gasteiger partial charge is 0.497 e. The molecule has 0 bridgehead atoms. The minimum atomic E-state index is -0.959. The molecule has 1 aromatic heterocycles. The molecule has 0 aliphatic carbocycles. The van der Waals surface area contributed by atoms with Crippen LogP contribution in [0.5, 0.6) is 5.75 Å². The van der Waals surface area contributed by atoms with Gasteiger partial charge in [0, 0.05) is 5.56 Å². The Kier molecular flexibility index (Phi) is 3.04. The lowest BCUT2D eigenvalue weighted by molar-refractivity contribution is -0.137. The van der Waals surface area contributed by atoms with Gasteiger partial charge in [0.15, 0.2) is 0 Å². The Morgan fingerprint density at radius 3 is 3.06 bits per heavy atom. The van der Waals surface area contributed by atoms with E-state index in [1.165, 1.54) is 10.9 Å². The first-order chi connectivity index (χ1) is 8.20. The van der Waals surface area contributed by atoms with Gasteiger partial charge in [0.25, 0.3) is 0 Å². The zero-order valence-electron chi connectivity index (χ0n) is 9.20. The Bertz CT molecular complexity index is 536. The molecule has 0 saturated heterocycles. The van der Waals surface area contributed by atoms with E-state index < -0.39 is 5.97 Å². The molecule has 0 saturated carbocycles. The number of rotatable bonds is 4. The van der Waals surface area contributed by atoms with Crippen LogP contribution in [0.3, 0.4) is 0 Å². The quantitative estimate of drug-likeness (QED) is 0.853. The molecule has 6 heteroatoms. The number of benzene rings is 1. The van der Waals surface area contributed by atoms with Crippen molar-refractivity contribution in [2.24, 2.45) is 0 Å². The van der Waals surface area contributed by atoms with E-state index in [1.807, 2.05) is 18.2 Å². The monoisotopic (exact) mass is 233 g/mol. The van der Waals surface area contributed by atoms with Crippen molar-refractivity contribution in [1.29, 1.82) is 0 Å². The van der Waals surface area contributed by atoms with Crippen LogP contribution >= 0.6 is 0 Å². The van der Waals surface area contributed by atoms with Crippen LogP contribution in [0, 0.1) is 0 Å². The Hall–Kier alpha value is -2.37. The molecule has 0 unspecified atom stereocenters. The minimum Gasteiger partial charge on any atom is -0.497 e. The smallest absolute Gasteiger partial charge is 0.325 e. The second-order valence-electron chi connectivity index (χ2n) is 3.40. The van der Waals surface area contributed by atoms with Crippen LogP contribution in [0.25, 0.3) is 11.3 Å². The van der Waals surface area contributed by atoms with Crippen LogP contribution < -0.4 is 4.74 Å². The van der Waals surface area contributed by atoms with Gasteiger partial charge in [0.1, 0.15) is 12.3 Å². The van der Waals surface area contributed by atoms with Gasteiger partial charge < -0.3 is 9.84 Å². The van der Waals surface area contributed by atoms with Gasteiger partial charge in [0.2, 0.25) is 0 Å². The molecule has 17 heavy (non-hydrogen) atoms. The van der Waals surface area contributed by atoms with Crippen LogP contribution in [-0.2, 0) is 11.3 Å². The Morgan fingerprint density at radius 1 is 1.53 bits per heavy atom. The highest BCUT2D eigenvalue weighted by atomic mass is 16.5. The summed E-state index contributed by atoms with van der Waals surface area (Å²) in [4.78, 5) is 10.7. The number of ether oxygens (including phenoxy) is 1. The predicted octanol–water partition coefficient (Wildman–Crippen LogP) is 1.04. The summed E-state index contributed by atoms with van der Waals surface area (Å²) in [5.41, 5.74) is 1.46. The summed E-state index contributed by atoms with van der Waals surface area (Å²) in [6.45, 7) is -0.216. The van der Waals surface area contributed by atoms with Crippen molar-refractivity contribution in [2.75, 3.05) is 7.11 Å². The maximum atomic E-state index is 10.7. The fourth-order valence-electron chi connectivity index (χ4n) is 1.51. The number of aromatic nitrogens is 3. The van der Waals surface area contributed by atoms with Crippen molar-refractivity contribution in [1.82, 2.24) is 15.0 Å². The molecule has 0 radical (unpaired) electrons. The summed E-state index contributed by atoms with van der Waals surface area (Å²) in [7, 11) is 1.58. The van der Waals surface area contributed by atoms with Crippen molar-refractivity contribution in [3.05, 3.63) is 30.5 Å². The van der Waals surface area contributed by atoms with Gasteiger partial charge in [-0.05, 0) is 12.1 Å². The van der Waals surface area contributed by atoms with E-state index in [-0.39, 0.29) is 6.54 Å². The molecule has 1 N–H and O–H groups in total. The molecule has 1 heterocycles. The van der Waals surface area contributed by atoms with Gasteiger partial charge in [-0.15, -0.1) is 5.10 Å². The van der Waals surface area contributed by atoms with Gasteiger partial charge in [0.05, 0.1) is 19.0 Å². The first-order valence-corrected chi connectivity index (χ1v) is 4.95. The van der Waals surface area contributed by atoms with Crippen LogP contribution in [0.2, 0.25) is 0 Å². The molecule has 6 nitrogen and oxygen atoms in total. The normalized spacial score (nSPS) is 10.2. The summed E-state index contributed by atoms with van der Waals surface area (Å²) >= 11 is 0. The van der Waals surface area contributed by atoms with E-state index in [2.05, 4.69) is 10.3 Å². The van der Waals surface area contributed by atoms with Gasteiger partial charge in [-0.3, -0.25) is 4.79 Å². The number of nitrogens with zero attached hydrogens (tertiary/aromatic N) is 3. The van der Waals surface area contributed by atoms with Crippen molar-refractivity contribution in [3.63, 3.8) is 0 Å².